The van der Waals surface area contributed by atoms with E-state index in [0.29, 0.717) is 13.0 Å². The molecular formula is C7H11ClN2O3. The topological polar surface area (TPSA) is 75.2 Å². The summed E-state index contributed by atoms with van der Waals surface area (Å²) in [6.07, 6.45) is 3.92. The number of hydrogen-bond acceptors (Lipinski definition) is 3. The molecule has 0 amide bonds. The maximum atomic E-state index is 10.0. The molecule has 0 saturated carbocycles. The van der Waals surface area contributed by atoms with Crippen LogP contribution in [0.5, 0.6) is 0 Å². The van der Waals surface area contributed by atoms with E-state index in [1.807, 2.05) is 0 Å². The molecule has 2 N–H and O–H groups in total. The number of carboxylic acids is 1. The van der Waals surface area contributed by atoms with Gasteiger partial charge in [0.2, 0.25) is 0 Å². The van der Waals surface area contributed by atoms with E-state index >= 15 is 0 Å². The minimum Gasteiger partial charge on any atom is -0.480 e. The molecule has 0 fully saturated rings. The Morgan fingerprint density at radius 2 is 2.46 bits per heavy atom. The van der Waals surface area contributed by atoms with Gasteiger partial charge in [-0.3, -0.25) is 0 Å². The lowest BCUT2D eigenvalue weighted by molar-refractivity contribution is -0.142. The molecule has 1 heterocycles. The summed E-state index contributed by atoms with van der Waals surface area (Å²) in [6.45, 7) is 0.155. The fourth-order valence-electron chi connectivity index (χ4n) is 0.763. The van der Waals surface area contributed by atoms with Crippen LogP contribution in [0.25, 0.3) is 0 Å². The number of aromatic amines is 1. The molecule has 0 bridgehead atoms. The van der Waals surface area contributed by atoms with Crippen molar-refractivity contribution in [3.8, 4) is 0 Å². The molecule has 5 nitrogen and oxygen atoms in total. The van der Waals surface area contributed by atoms with Crippen LogP contribution in [0.15, 0.2) is 12.5 Å². The maximum Gasteiger partial charge on any atom is 0.329 e. The van der Waals surface area contributed by atoms with Crippen molar-refractivity contribution in [3.63, 3.8) is 0 Å². The van der Waals surface area contributed by atoms with Gasteiger partial charge in [-0.25, -0.2) is 9.78 Å². The van der Waals surface area contributed by atoms with Crippen molar-refractivity contribution in [1.29, 1.82) is 0 Å². The lowest BCUT2D eigenvalue weighted by Gasteiger charge is -1.97. The predicted molar refractivity (Wildman–Crippen MR) is 48.0 cm³/mol. The molecule has 0 aliphatic rings. The van der Waals surface area contributed by atoms with Crippen LogP contribution in [0.2, 0.25) is 0 Å². The Labute approximate surface area is 81.5 Å². The van der Waals surface area contributed by atoms with Crippen molar-refractivity contribution < 1.29 is 14.6 Å². The van der Waals surface area contributed by atoms with Crippen molar-refractivity contribution in [2.45, 2.75) is 6.42 Å². The van der Waals surface area contributed by atoms with E-state index in [1.165, 1.54) is 0 Å². The molecule has 0 radical (unpaired) electrons. The minimum atomic E-state index is -0.945. The molecule has 0 unspecified atom stereocenters. The van der Waals surface area contributed by atoms with E-state index in [-0.39, 0.29) is 19.0 Å². The van der Waals surface area contributed by atoms with Crippen molar-refractivity contribution in [3.05, 3.63) is 18.2 Å². The molecule has 0 atom stereocenters. The first kappa shape index (κ1) is 11.9. The molecule has 0 saturated heterocycles. The second kappa shape index (κ2) is 6.45. The maximum absolute atomic E-state index is 10.0. The van der Waals surface area contributed by atoms with E-state index in [9.17, 15) is 4.79 Å². The average molecular weight is 207 g/mol. The molecule has 0 spiro atoms. The van der Waals surface area contributed by atoms with Gasteiger partial charge in [-0.1, -0.05) is 0 Å². The van der Waals surface area contributed by atoms with Gasteiger partial charge in [0.25, 0.3) is 0 Å². The van der Waals surface area contributed by atoms with Crippen LogP contribution in [-0.2, 0) is 16.0 Å². The van der Waals surface area contributed by atoms with Gasteiger partial charge >= 0.3 is 5.97 Å². The molecule has 1 aromatic rings. The first-order chi connectivity index (χ1) is 5.79. The van der Waals surface area contributed by atoms with Crippen LogP contribution in [0.4, 0.5) is 0 Å². The summed E-state index contributed by atoms with van der Waals surface area (Å²) in [5, 5.41) is 8.23. The van der Waals surface area contributed by atoms with Gasteiger partial charge in [-0.15, -0.1) is 12.4 Å². The van der Waals surface area contributed by atoms with E-state index in [1.54, 1.807) is 12.5 Å². The number of aromatic nitrogens is 2. The van der Waals surface area contributed by atoms with Crippen LogP contribution in [0, 0.1) is 0 Å². The summed E-state index contributed by atoms with van der Waals surface area (Å²) in [7, 11) is 0. The second-order valence-corrected chi connectivity index (χ2v) is 2.27. The summed E-state index contributed by atoms with van der Waals surface area (Å²) in [5.41, 5.74) is 0.945. The lowest BCUT2D eigenvalue weighted by atomic mass is 10.3. The molecule has 0 aliphatic carbocycles. The number of nitrogens with zero attached hydrogens (tertiary/aromatic N) is 1. The smallest absolute Gasteiger partial charge is 0.329 e. The van der Waals surface area contributed by atoms with Gasteiger partial charge < -0.3 is 14.8 Å². The largest absolute Gasteiger partial charge is 0.480 e. The number of hydrogen-bond donors (Lipinski definition) is 2. The van der Waals surface area contributed by atoms with Crippen molar-refractivity contribution in [2.75, 3.05) is 13.2 Å². The summed E-state index contributed by atoms with van der Waals surface area (Å²) >= 11 is 0. The van der Waals surface area contributed by atoms with Gasteiger partial charge in [-0.2, -0.15) is 0 Å². The van der Waals surface area contributed by atoms with Gasteiger partial charge in [0.1, 0.15) is 6.61 Å². The monoisotopic (exact) mass is 206 g/mol. The highest BCUT2D eigenvalue weighted by atomic mass is 35.5. The molecule has 0 aromatic carbocycles. The predicted octanol–water partition coefficient (Wildman–Crippen LogP) is 0.475. The van der Waals surface area contributed by atoms with Crippen LogP contribution in [0.3, 0.4) is 0 Å². The highest BCUT2D eigenvalue weighted by Crippen LogP contribution is 1.92. The number of rotatable bonds is 5. The Kier molecular flexibility index (Phi) is 5.92. The van der Waals surface area contributed by atoms with Crippen molar-refractivity contribution >= 4 is 18.4 Å². The first-order valence-electron chi connectivity index (χ1n) is 3.56. The Balaban J connectivity index is 0.00000144. The SMILES string of the molecule is Cl.O=C(O)COCCc1cnc[nH]1. The minimum absolute atomic E-state index is 0. The molecule has 13 heavy (non-hydrogen) atoms. The summed E-state index contributed by atoms with van der Waals surface area (Å²) < 4.78 is 4.82. The van der Waals surface area contributed by atoms with Crippen LogP contribution < -0.4 is 0 Å². The number of carbonyl (C=O) groups is 1. The zero-order valence-corrected chi connectivity index (χ0v) is 7.71. The highest BCUT2D eigenvalue weighted by molar-refractivity contribution is 5.85. The van der Waals surface area contributed by atoms with Crippen LogP contribution >= 0.6 is 12.4 Å². The zero-order chi connectivity index (χ0) is 8.81. The number of ether oxygens (including phenoxy) is 1. The Bertz CT molecular complexity index is 238. The lowest BCUT2D eigenvalue weighted by Crippen LogP contribution is -2.09. The van der Waals surface area contributed by atoms with Gasteiger partial charge in [0.05, 0.1) is 12.9 Å². The molecule has 1 aromatic heterocycles. The third-order valence-electron chi connectivity index (χ3n) is 1.30. The van der Waals surface area contributed by atoms with E-state index in [4.69, 9.17) is 9.84 Å². The van der Waals surface area contributed by atoms with Gasteiger partial charge in [-0.05, 0) is 0 Å². The zero-order valence-electron chi connectivity index (χ0n) is 6.90. The second-order valence-electron chi connectivity index (χ2n) is 2.27. The Morgan fingerprint density at radius 1 is 1.69 bits per heavy atom. The normalized spacial score (nSPS) is 9.23. The Hall–Kier alpha value is -1.07. The molecule has 1 rings (SSSR count). The van der Waals surface area contributed by atoms with Gasteiger partial charge in [0, 0.05) is 18.3 Å². The average Bonchev–Trinajstić information content (AvgIpc) is 2.49. The van der Waals surface area contributed by atoms with Crippen LogP contribution in [-0.4, -0.2) is 34.3 Å². The summed E-state index contributed by atoms with van der Waals surface area (Å²) in [6, 6.07) is 0. The first-order valence-corrected chi connectivity index (χ1v) is 3.56. The molecule has 0 aliphatic heterocycles. The van der Waals surface area contributed by atoms with E-state index in [2.05, 4.69) is 9.97 Å². The number of aliphatic carboxylic acids is 1. The third-order valence-corrected chi connectivity index (χ3v) is 1.30. The number of imidazole rings is 1. The van der Waals surface area contributed by atoms with E-state index in [0.717, 1.165) is 5.69 Å². The standard InChI is InChI=1S/C7H10N2O3.ClH/c10-7(11)4-12-2-1-6-3-8-5-9-6;/h3,5H,1-2,4H2,(H,8,9)(H,10,11);1H. The number of H-pyrrole nitrogens is 1. The highest BCUT2D eigenvalue weighted by Gasteiger charge is 1.97. The fraction of sp³-hybridized carbons (Fsp3) is 0.429. The molecule has 6 heteroatoms. The molecular weight excluding hydrogens is 196 g/mol. The fourth-order valence-corrected chi connectivity index (χ4v) is 0.763. The van der Waals surface area contributed by atoms with Crippen molar-refractivity contribution in [2.24, 2.45) is 0 Å². The summed E-state index contributed by atoms with van der Waals surface area (Å²) in [5.74, 6) is -0.945. The van der Waals surface area contributed by atoms with Crippen molar-refractivity contribution in [1.82, 2.24) is 9.97 Å². The van der Waals surface area contributed by atoms with E-state index < -0.39 is 5.97 Å². The number of halogens is 1. The summed E-state index contributed by atoms with van der Waals surface area (Å²) in [4.78, 5) is 16.7. The van der Waals surface area contributed by atoms with Gasteiger partial charge in [0.15, 0.2) is 0 Å². The number of carboxylic acid groups (broad SMARTS) is 1. The Morgan fingerprint density at radius 3 is 3.00 bits per heavy atom. The van der Waals surface area contributed by atoms with Crippen LogP contribution in [0.1, 0.15) is 5.69 Å². The quantitative estimate of drug-likeness (QED) is 0.687. The number of nitrogens with one attached hydrogen (secondary N) is 1. The third kappa shape index (κ3) is 5.21. The molecule has 74 valence electrons.